The van der Waals surface area contributed by atoms with Gasteiger partial charge in [-0.3, -0.25) is 4.79 Å². The van der Waals surface area contributed by atoms with Gasteiger partial charge in [-0.05, 0) is 39.2 Å². The molecule has 2 saturated carbocycles. The molecule has 4 rings (SSSR count). The maximum absolute atomic E-state index is 14.1. The number of ether oxygens (including phenoxy) is 1. The van der Waals surface area contributed by atoms with Gasteiger partial charge in [-0.15, -0.1) is 0 Å². The normalized spacial score (nSPS) is 29.8. The summed E-state index contributed by atoms with van der Waals surface area (Å²) >= 11 is 0. The molecule has 0 aromatic heterocycles. The summed E-state index contributed by atoms with van der Waals surface area (Å²) in [4.78, 5) is 12.6. The number of benzene rings is 1. The number of likely N-dealkylation sites (N-methyl/N-ethyl adjacent to an activating group) is 1. The van der Waals surface area contributed by atoms with Crippen molar-refractivity contribution in [3.05, 3.63) is 17.7 Å². The number of rotatable bonds is 8. The van der Waals surface area contributed by atoms with E-state index < -0.39 is 89.2 Å². The molecule has 1 heterocycles. The maximum Gasteiger partial charge on any atom is 0.420 e. The van der Waals surface area contributed by atoms with Crippen LogP contribution in [0.15, 0.2) is 17.0 Å². The summed E-state index contributed by atoms with van der Waals surface area (Å²) in [6.45, 7) is 1.33. The van der Waals surface area contributed by atoms with Gasteiger partial charge in [-0.25, -0.2) is 26.1 Å². The molecule has 0 spiro atoms. The fraction of sp³-hybridized carbons (Fsp3) is 0.708. The molecule has 3 aliphatic rings. The van der Waals surface area contributed by atoms with Crippen LogP contribution in [0, 0.1) is 17.8 Å². The first-order chi connectivity index (χ1) is 17.4. The lowest BCUT2D eigenvalue weighted by Crippen LogP contribution is -2.45. The molecule has 214 valence electrons. The summed E-state index contributed by atoms with van der Waals surface area (Å²) in [5.74, 6) is -10.8. The van der Waals surface area contributed by atoms with Gasteiger partial charge in [-0.1, -0.05) is 0 Å². The molecule has 2 fully saturated rings. The van der Waals surface area contributed by atoms with E-state index in [9.17, 15) is 39.7 Å². The molecule has 6 nitrogen and oxygen atoms in total. The van der Waals surface area contributed by atoms with E-state index in [0.29, 0.717) is 0 Å². The second kappa shape index (κ2) is 9.83. The Hall–Kier alpha value is -2.09. The Morgan fingerprint density at radius 2 is 1.82 bits per heavy atom. The van der Waals surface area contributed by atoms with Gasteiger partial charge in [0.1, 0.15) is 23.3 Å². The largest absolute Gasteiger partial charge is 0.492 e. The lowest BCUT2D eigenvalue weighted by Gasteiger charge is -2.36. The van der Waals surface area contributed by atoms with Crippen molar-refractivity contribution in [1.82, 2.24) is 4.31 Å². The third-order valence-corrected chi connectivity index (χ3v) is 9.26. The predicted octanol–water partition coefficient (Wildman–Crippen LogP) is 5.43. The highest BCUT2D eigenvalue weighted by atomic mass is 32.2. The topological polar surface area (TPSA) is 70.1 Å². The minimum absolute atomic E-state index is 0.0137. The second-order valence-corrected chi connectivity index (χ2v) is 12.1. The van der Waals surface area contributed by atoms with Crippen LogP contribution in [0.4, 0.5) is 36.4 Å². The van der Waals surface area contributed by atoms with Crippen LogP contribution in [0.3, 0.4) is 0 Å². The van der Waals surface area contributed by atoms with Gasteiger partial charge in [0.15, 0.2) is 0 Å². The van der Waals surface area contributed by atoms with Crippen LogP contribution in [0.25, 0.3) is 0 Å². The molecule has 0 saturated heterocycles. The molecule has 38 heavy (non-hydrogen) atoms. The molecular formula is C24H29F7N2O4S. The number of halogens is 7. The first-order valence-electron chi connectivity index (χ1n) is 12.2. The Balaban J connectivity index is 1.76. The van der Waals surface area contributed by atoms with E-state index in [-0.39, 0.29) is 36.4 Å². The third-order valence-electron chi connectivity index (χ3n) is 7.73. The first kappa shape index (κ1) is 28.9. The number of nitrogens with zero attached hydrogens (tertiary/aromatic N) is 2. The number of anilines is 1. The van der Waals surface area contributed by atoms with Crippen molar-refractivity contribution in [1.29, 1.82) is 0 Å². The van der Waals surface area contributed by atoms with E-state index in [2.05, 4.69) is 0 Å². The molecule has 1 aliphatic heterocycles. The number of fused-ring (bicyclic) bond motifs is 2. The monoisotopic (exact) mass is 574 g/mol. The summed E-state index contributed by atoms with van der Waals surface area (Å²) in [5.41, 5.74) is -1.31. The van der Waals surface area contributed by atoms with Gasteiger partial charge in [-0.2, -0.15) is 13.2 Å². The highest BCUT2D eigenvalue weighted by Gasteiger charge is 2.72. The lowest BCUT2D eigenvalue weighted by molar-refractivity contribution is -0.142. The van der Waals surface area contributed by atoms with Crippen LogP contribution in [0.5, 0.6) is 5.75 Å². The summed E-state index contributed by atoms with van der Waals surface area (Å²) in [5, 5.41) is 9.08. The maximum atomic E-state index is 14.1. The number of hydrogen-bond donors (Lipinski definition) is 1. The van der Waals surface area contributed by atoms with E-state index >= 15 is 0 Å². The van der Waals surface area contributed by atoms with Crippen LogP contribution in [-0.4, -0.2) is 63.7 Å². The number of alkyl halides is 7. The second-order valence-electron chi connectivity index (χ2n) is 10.6. The zero-order chi connectivity index (χ0) is 28.4. The van der Waals surface area contributed by atoms with Crippen molar-refractivity contribution in [2.75, 3.05) is 25.1 Å². The predicted molar refractivity (Wildman–Crippen MR) is 124 cm³/mol. The standard InChI is InChI=1S/C24H29F7N2O4S/c1-12(21(34)35)11-37-19-9-20-18(8-17(19)24(29,30)31)33(14-6-15-16(7-14)23(15,27)28)10-13(32(3)38(20)36)4-5-22(2,25)26/h8-9,12-16H,4-7,10-11H2,1-3H3,(H,34,35). The van der Waals surface area contributed by atoms with Gasteiger partial charge < -0.3 is 14.7 Å². The van der Waals surface area contributed by atoms with Crippen LogP contribution < -0.4 is 9.64 Å². The van der Waals surface area contributed by atoms with Crippen molar-refractivity contribution < 1.29 is 49.6 Å². The number of carbonyl (C=O) groups is 1. The molecule has 0 bridgehead atoms. The average Bonchev–Trinajstić information content (AvgIpc) is 3.13. The minimum Gasteiger partial charge on any atom is -0.492 e. The third kappa shape index (κ3) is 5.61. The fourth-order valence-corrected chi connectivity index (χ4v) is 6.67. The Kier molecular flexibility index (Phi) is 7.48. The van der Waals surface area contributed by atoms with Gasteiger partial charge in [0.05, 0.1) is 22.1 Å². The van der Waals surface area contributed by atoms with Gasteiger partial charge in [0, 0.05) is 50.0 Å². The van der Waals surface area contributed by atoms with Crippen LogP contribution >= 0.6 is 0 Å². The summed E-state index contributed by atoms with van der Waals surface area (Å²) in [6.07, 6.45) is -5.60. The quantitative estimate of drug-likeness (QED) is 0.420. The smallest absolute Gasteiger partial charge is 0.420 e. The van der Waals surface area contributed by atoms with E-state index in [1.54, 1.807) is 0 Å². The molecule has 1 aromatic rings. The van der Waals surface area contributed by atoms with Gasteiger partial charge in [0.2, 0.25) is 5.92 Å². The van der Waals surface area contributed by atoms with Crippen molar-refractivity contribution in [3.8, 4) is 5.75 Å². The average molecular weight is 575 g/mol. The summed E-state index contributed by atoms with van der Waals surface area (Å²) in [7, 11) is -0.693. The lowest BCUT2D eigenvalue weighted by atomic mass is 10.0. The number of aliphatic carboxylic acids is 1. The molecule has 0 amide bonds. The van der Waals surface area contributed by atoms with Gasteiger partial charge in [0.25, 0.3) is 5.92 Å². The molecular weight excluding hydrogens is 545 g/mol. The molecule has 14 heteroatoms. The summed E-state index contributed by atoms with van der Waals surface area (Å²) in [6, 6.07) is 0.336. The summed E-state index contributed by atoms with van der Waals surface area (Å²) < 4.78 is 118. The van der Waals surface area contributed by atoms with E-state index in [1.165, 1.54) is 23.2 Å². The molecule has 5 unspecified atom stereocenters. The fourth-order valence-electron chi connectivity index (χ4n) is 5.35. The van der Waals surface area contributed by atoms with Crippen molar-refractivity contribution in [2.24, 2.45) is 17.8 Å². The molecule has 1 aromatic carbocycles. The van der Waals surface area contributed by atoms with Crippen molar-refractivity contribution in [2.45, 2.75) is 74.5 Å². The van der Waals surface area contributed by atoms with E-state index in [1.807, 2.05) is 0 Å². The minimum atomic E-state index is -4.93. The van der Waals surface area contributed by atoms with Gasteiger partial charge >= 0.3 is 12.1 Å². The Bertz CT molecular complexity index is 1100. The van der Waals surface area contributed by atoms with Crippen LogP contribution in [-0.2, 0) is 22.0 Å². The highest BCUT2D eigenvalue weighted by Crippen LogP contribution is 2.65. The zero-order valence-corrected chi connectivity index (χ0v) is 21.7. The Morgan fingerprint density at radius 3 is 2.34 bits per heavy atom. The van der Waals surface area contributed by atoms with E-state index in [0.717, 1.165) is 19.1 Å². The molecule has 5 atom stereocenters. The van der Waals surface area contributed by atoms with E-state index in [4.69, 9.17) is 9.84 Å². The highest BCUT2D eigenvalue weighted by molar-refractivity contribution is 7.82. The Morgan fingerprint density at radius 1 is 1.21 bits per heavy atom. The van der Waals surface area contributed by atoms with Crippen LogP contribution in [0.1, 0.15) is 45.1 Å². The van der Waals surface area contributed by atoms with Crippen molar-refractivity contribution in [3.63, 3.8) is 0 Å². The SMILES string of the molecule is CC(COc1cc2c(cc1C(F)(F)F)N(C1CC3C(C1)C3(F)F)CC(CCC(C)(F)F)N(C)S2=O)C(=O)O. The van der Waals surface area contributed by atoms with Crippen LogP contribution in [0.2, 0.25) is 0 Å². The number of hydrogen-bond acceptors (Lipinski definition) is 4. The number of carboxylic acids is 1. The molecule has 1 N–H and O–H groups in total. The Labute approximate surface area is 217 Å². The molecule has 2 aliphatic carbocycles. The van der Waals surface area contributed by atoms with Crippen molar-refractivity contribution >= 4 is 22.6 Å². The molecule has 0 radical (unpaired) electrons. The zero-order valence-electron chi connectivity index (χ0n) is 20.9. The first-order valence-corrected chi connectivity index (χ1v) is 13.3. The number of carboxylic acid groups (broad SMARTS) is 1.